The van der Waals surface area contributed by atoms with Crippen molar-refractivity contribution in [3.05, 3.63) is 0 Å². The van der Waals surface area contributed by atoms with E-state index in [9.17, 15) is 182 Å². The summed E-state index contributed by atoms with van der Waals surface area (Å²) in [6, 6.07) is -9.87. The topological polar surface area (TPSA) is 985 Å². The van der Waals surface area contributed by atoms with Gasteiger partial charge in [-0.25, -0.2) is 0 Å². The van der Waals surface area contributed by atoms with Crippen LogP contribution in [0.4, 0.5) is 0 Å². The van der Waals surface area contributed by atoms with E-state index in [1.165, 1.54) is 13.8 Å². The summed E-state index contributed by atoms with van der Waals surface area (Å²) in [6.07, 6.45) is -117. The van der Waals surface area contributed by atoms with E-state index >= 15 is 0 Å². The van der Waals surface area contributed by atoms with E-state index in [1.807, 2.05) is 0 Å². The lowest BCUT2D eigenvalue weighted by Gasteiger charge is -2.52. The van der Waals surface area contributed by atoms with Crippen LogP contribution in [0, 0.1) is 0 Å². The lowest BCUT2D eigenvalue weighted by molar-refractivity contribution is -0.406. The molecule has 64 heteroatoms. The van der Waals surface area contributed by atoms with Crippen LogP contribution >= 0.6 is 0 Å². The van der Waals surface area contributed by atoms with Crippen LogP contribution in [0.15, 0.2) is 0 Å². The second-order valence-corrected chi connectivity index (χ2v) is 37.3. The minimum absolute atomic E-state index is 0.859. The average Bonchev–Trinajstić information content (AvgIpc) is 0.752. The lowest BCUT2D eigenvalue weighted by Crippen LogP contribution is -2.71. The molecule has 844 valence electrons. The van der Waals surface area contributed by atoms with Crippen molar-refractivity contribution in [1.29, 1.82) is 0 Å². The molecule has 0 bridgehead atoms. The summed E-state index contributed by atoms with van der Waals surface area (Å²) in [7, 11) is 0. The van der Waals surface area contributed by atoms with Gasteiger partial charge in [0.2, 0.25) is 29.5 Å². The minimum Gasteiger partial charge on any atom is -0.394 e. The molecular formula is C82H137N5O59. The fraction of sp³-hybridized carbons (Fsp3) is 0.939. The van der Waals surface area contributed by atoms with Crippen molar-refractivity contribution < 1.29 is 291 Å². The van der Waals surface area contributed by atoms with Gasteiger partial charge in [-0.2, -0.15) is 0 Å². The molecule has 146 heavy (non-hydrogen) atoms. The van der Waals surface area contributed by atoms with Crippen molar-refractivity contribution in [2.75, 3.05) is 66.1 Å². The Morgan fingerprint density at radius 3 is 0.863 bits per heavy atom. The monoisotopic (exact) mass is 2140 g/mol. The molecule has 64 nitrogen and oxygen atoms in total. The first-order valence-electron chi connectivity index (χ1n) is 46.9. The third-order valence-corrected chi connectivity index (χ3v) is 27.0. The normalized spacial score (nSPS) is 49.8. The molecule has 0 saturated carbocycles. The molecule has 0 aromatic heterocycles. The first kappa shape index (κ1) is 120. The van der Waals surface area contributed by atoms with E-state index in [0.29, 0.717) is 0 Å². The summed E-state index contributed by atoms with van der Waals surface area (Å²) < 4.78 is 139. The minimum atomic E-state index is -2.72. The third-order valence-electron chi connectivity index (χ3n) is 27.0. The average molecular weight is 2140 g/mol. The van der Waals surface area contributed by atoms with E-state index in [4.69, 9.17) is 109 Å². The summed E-state index contributed by atoms with van der Waals surface area (Å²) in [4.78, 5) is 65.3. The molecule has 0 spiro atoms. The molecule has 12 aliphatic rings. The molecule has 0 radical (unpaired) electrons. The fourth-order valence-corrected chi connectivity index (χ4v) is 19.1. The van der Waals surface area contributed by atoms with Crippen molar-refractivity contribution in [1.82, 2.24) is 26.6 Å². The maximum absolute atomic E-state index is 13.6. The van der Waals surface area contributed by atoms with Gasteiger partial charge >= 0.3 is 0 Å². The molecule has 36 N–H and O–H groups in total. The number of carbonyl (C=O) groups excluding carboxylic acids is 5. The van der Waals surface area contributed by atoms with Gasteiger partial charge < -0.3 is 294 Å². The molecule has 0 aliphatic carbocycles. The Morgan fingerprint density at radius 1 is 0.192 bits per heavy atom. The summed E-state index contributed by atoms with van der Waals surface area (Å²) in [6.45, 7) is -4.60. The first-order valence-corrected chi connectivity index (χ1v) is 46.9. The Kier molecular flexibility index (Phi) is 42.8. The molecular weight excluding hydrogens is 2000 g/mol. The van der Waals surface area contributed by atoms with Crippen molar-refractivity contribution in [3.63, 3.8) is 0 Å². The SMILES string of the molecule is CC(=O)N[C@@H]1[C@@H](O)[C@H](O[C@@H]2O[C@H](CO)[C@@H](O[C@@H]3O[C@H](CO[C@H]4O[C@H](CO)[C@@H](O)[C@H](O)[C@@H]4O[C@@H]4O[C@H](CO)[C@@H](O[C@@H]5O[C@H](CO)[C@H](O)[C@H](O)[C@H]5O)[C@H](O)[C@H]4NC(C)=O)[C@@H](O)[C@H](O[C@H]4O[C@H](CO)[C@@H](O)[C@H](O)[C@@H]4O[C@@H]4O[C@H](CO)[C@@H](O[C@@H]5O[C@H](CO)[C@H](O)[C@H](O[C@H]6O[C@H](CO)[C@H](O)[C@H](O)[C@H]6NC(C)=O)[C@H]5O[C@@H]5O[C@@H](C)[C@@H](O)[C@@H](O)[C@@H]5O)[C@H](O)[C@H]4NC(C)=O)[C@@H]3O)[C@H](O)[C@H]2NC(C)=O)[C@@H](CO[C@@H]2O[C@@H](C)[C@@H](O)[C@@H](O)[C@@H]2O)O[C@H]1O. The molecule has 12 fully saturated rings. The van der Waals surface area contributed by atoms with Crippen LogP contribution in [0.25, 0.3) is 0 Å². The maximum Gasteiger partial charge on any atom is 0.217 e. The number of ether oxygens (including phenoxy) is 23. The van der Waals surface area contributed by atoms with Gasteiger partial charge in [0.25, 0.3) is 0 Å². The lowest BCUT2D eigenvalue weighted by atomic mass is 9.93. The van der Waals surface area contributed by atoms with E-state index in [1.54, 1.807) is 0 Å². The zero-order valence-corrected chi connectivity index (χ0v) is 79.0. The van der Waals surface area contributed by atoms with Gasteiger partial charge in [-0.3, -0.25) is 24.0 Å². The standard InChI is InChI=1S/C82H137N5O59/c1-18-40(101)53(114)58(119)76(126-18)124-17-34-65(49(110)35(71(123)128-34)83-20(3)96)138-73-37(85-22(5)98)50(111)63(31(14-94)134-73)140-79-61(122)66(47(108)33(137-79)16-125-80-68(56(117)44(105)27(10-90)131-80)144-74-38(86-23(6)99)51(112)62(30(13-93)135-74)139-78-60(121)55(116)43(104)26(9-89)130-78)142-81-69(57(118)45(106)28(11-91)132-81)145-75-39(87-24(7)100)52(113)64(32(15-95)136-75)141-82-70(146-77-59(120)54(115)41(102)19(2)127-77)67(46(107)29(12-92)133-82)143-72-36(84-21(4)97)48(109)42(103)25(8-88)129-72/h18-19,25-82,88-95,101-123H,8-17H2,1-7H3,(H,83,96)(H,84,97)(H,85,98)(H,86,99)(H,87,100)/t18-,19-,25+,26+,27+,28+,29+,30+,31+,32+,33+,34+,35+,36+,37+,38+,39+,40+,41+,42-,43-,44+,45+,46-,47+,48+,49+,50+,51+,52+,53+,54+,55-,56-,57-,58-,59-,60+,61-,62+,63+,64+,65+,66-,67-,68-,69-,70+,71+,72+,73-,74-,75-,76+,77-,78-,79-,80-,81+,82-/m0/s1. The summed E-state index contributed by atoms with van der Waals surface area (Å²) in [5.41, 5.74) is 0. The first-order chi connectivity index (χ1) is 69.0. The predicted molar refractivity (Wildman–Crippen MR) is 450 cm³/mol. The maximum atomic E-state index is 13.6. The summed E-state index contributed by atoms with van der Waals surface area (Å²) in [5.74, 6) is -4.86. The molecule has 12 aliphatic heterocycles. The van der Waals surface area contributed by atoms with Gasteiger partial charge in [0.1, 0.15) is 280 Å². The number of aliphatic hydroxyl groups is 31. The highest BCUT2D eigenvalue weighted by Crippen LogP contribution is 2.43. The highest BCUT2D eigenvalue weighted by Gasteiger charge is 2.64. The van der Waals surface area contributed by atoms with Crippen LogP contribution < -0.4 is 26.6 Å². The molecule has 0 aromatic rings. The zero-order chi connectivity index (χ0) is 107. The zero-order valence-electron chi connectivity index (χ0n) is 79.0. The second kappa shape index (κ2) is 52.2. The van der Waals surface area contributed by atoms with Crippen LogP contribution in [0.5, 0.6) is 0 Å². The van der Waals surface area contributed by atoms with Gasteiger partial charge in [-0.1, -0.05) is 0 Å². The second-order valence-electron chi connectivity index (χ2n) is 37.3. The van der Waals surface area contributed by atoms with Crippen LogP contribution in [-0.4, -0.2) is 622 Å². The van der Waals surface area contributed by atoms with Crippen LogP contribution in [-0.2, 0) is 133 Å². The molecule has 5 amide bonds. The smallest absolute Gasteiger partial charge is 0.217 e. The van der Waals surface area contributed by atoms with Crippen molar-refractivity contribution in [2.24, 2.45) is 0 Å². The van der Waals surface area contributed by atoms with Crippen LogP contribution in [0.3, 0.4) is 0 Å². The Balaban J connectivity index is 0.882. The Morgan fingerprint density at radius 2 is 0.438 bits per heavy atom. The predicted octanol–water partition coefficient (Wildman–Crippen LogP) is -24.4. The highest BCUT2D eigenvalue weighted by atomic mass is 16.8. The van der Waals surface area contributed by atoms with Crippen molar-refractivity contribution in [2.45, 2.75) is 417 Å². The molecule has 60 atom stereocenters. The summed E-state index contributed by atoms with van der Waals surface area (Å²) >= 11 is 0. The molecule has 0 unspecified atom stereocenters. The Hall–Kier alpha value is -4.81. The van der Waals surface area contributed by atoms with Gasteiger partial charge in [-0.05, 0) is 13.8 Å². The van der Waals surface area contributed by atoms with E-state index in [-0.39, 0.29) is 0 Å². The van der Waals surface area contributed by atoms with Crippen LogP contribution in [0.2, 0.25) is 0 Å². The number of hydrogen-bond acceptors (Lipinski definition) is 59. The number of rotatable bonds is 37. The van der Waals surface area contributed by atoms with Gasteiger partial charge in [-0.15, -0.1) is 0 Å². The van der Waals surface area contributed by atoms with Crippen LogP contribution in [0.1, 0.15) is 48.5 Å². The van der Waals surface area contributed by atoms with Crippen molar-refractivity contribution >= 4 is 29.5 Å². The number of nitrogens with one attached hydrogen (secondary N) is 5. The molecule has 12 rings (SSSR count). The fourth-order valence-electron chi connectivity index (χ4n) is 19.1. The number of hydrogen-bond donors (Lipinski definition) is 36. The van der Waals surface area contributed by atoms with Crippen molar-refractivity contribution in [3.8, 4) is 0 Å². The largest absolute Gasteiger partial charge is 0.394 e. The van der Waals surface area contributed by atoms with E-state index in [0.717, 1.165) is 34.6 Å². The highest BCUT2D eigenvalue weighted by molar-refractivity contribution is 5.75. The van der Waals surface area contributed by atoms with Gasteiger partial charge in [0.05, 0.1) is 78.3 Å². The number of aliphatic hydroxyl groups excluding tert-OH is 31. The molecule has 12 saturated heterocycles. The number of carbonyl (C=O) groups is 5. The van der Waals surface area contributed by atoms with E-state index < -0.39 is 464 Å². The van der Waals surface area contributed by atoms with Gasteiger partial charge in [0.15, 0.2) is 75.5 Å². The van der Waals surface area contributed by atoms with Gasteiger partial charge in [0, 0.05) is 34.6 Å². The Bertz CT molecular complexity index is 4090. The number of amides is 5. The quantitative estimate of drug-likeness (QED) is 0.0275. The molecule has 0 aromatic carbocycles. The van der Waals surface area contributed by atoms with E-state index in [2.05, 4.69) is 26.6 Å². The Labute approximate surface area is 827 Å². The molecule has 12 heterocycles. The third kappa shape index (κ3) is 26.4. The summed E-state index contributed by atoms with van der Waals surface area (Å²) in [5, 5.41) is 364.